The smallest absolute Gasteiger partial charge is 0.273 e. The second-order valence-corrected chi connectivity index (χ2v) is 8.27. The van der Waals surface area contributed by atoms with Crippen LogP contribution in [0, 0.1) is 5.41 Å². The summed E-state index contributed by atoms with van der Waals surface area (Å²) in [6.07, 6.45) is 2.92. The summed E-state index contributed by atoms with van der Waals surface area (Å²) in [5.41, 5.74) is 1.79. The molecule has 2 rings (SSSR count). The van der Waals surface area contributed by atoms with Gasteiger partial charge in [-0.25, -0.2) is 0 Å². The number of nitrogens with one attached hydrogen (secondary N) is 4. The second-order valence-electron chi connectivity index (χ2n) is 7.45. The van der Waals surface area contributed by atoms with Crippen LogP contribution < -0.4 is 16.0 Å². The number of carbonyl (C=O) groups excluding carboxylic acids is 1. The molecule has 0 saturated carbocycles. The van der Waals surface area contributed by atoms with Crippen molar-refractivity contribution in [2.24, 2.45) is 0 Å². The van der Waals surface area contributed by atoms with Gasteiger partial charge in [-0.15, -0.1) is 0 Å². The van der Waals surface area contributed by atoms with Crippen molar-refractivity contribution in [2.75, 3.05) is 52.6 Å². The summed E-state index contributed by atoms with van der Waals surface area (Å²) in [6.45, 7) is 9.79. The van der Waals surface area contributed by atoms with Gasteiger partial charge in [0.05, 0.1) is 36.5 Å². The van der Waals surface area contributed by atoms with Crippen LogP contribution in [0.1, 0.15) is 19.4 Å². The van der Waals surface area contributed by atoms with Crippen molar-refractivity contribution in [3.8, 4) is 0 Å². The average molecular weight is 498 g/mol. The highest BCUT2D eigenvalue weighted by Crippen LogP contribution is 2.22. The number of allylic oxidation sites excluding steroid dienone is 2. The van der Waals surface area contributed by atoms with Gasteiger partial charge in [-0.05, 0) is 43.2 Å². The van der Waals surface area contributed by atoms with Crippen LogP contribution in [0.25, 0.3) is 0 Å². The Morgan fingerprint density at radius 2 is 1.97 bits per heavy atom. The number of benzene rings is 1. The standard InChI is InChI=1S/C23H33Cl2N5O3/c1-3-21(28-16-18-4-5-19(24)20(25)14-18)29-23(31)22(17(2)15-26)27-6-10-32-11-7-30-8-12-33-13-9-30/h3-5,14-15,26-28H,6-13,16H2,1-2H3,(H,29,31)/b21-3?,22-17-,26-15?. The van der Waals surface area contributed by atoms with Gasteiger partial charge in [0.15, 0.2) is 0 Å². The lowest BCUT2D eigenvalue weighted by molar-refractivity contribution is -0.117. The molecule has 10 heteroatoms. The SMILES string of the molecule is CC=C(NCc1ccc(Cl)c(Cl)c1)NC(=O)/C(NCCOCCN1CCOCC1)=C(\C)C=N. The largest absolute Gasteiger partial charge is 0.379 e. The number of hydrogen-bond donors (Lipinski definition) is 4. The summed E-state index contributed by atoms with van der Waals surface area (Å²) in [5, 5.41) is 17.6. The number of morpholine rings is 1. The van der Waals surface area contributed by atoms with Gasteiger partial charge >= 0.3 is 0 Å². The van der Waals surface area contributed by atoms with Crippen molar-refractivity contribution in [1.82, 2.24) is 20.9 Å². The quantitative estimate of drug-likeness (QED) is 0.190. The van der Waals surface area contributed by atoms with Crippen LogP contribution in [0.4, 0.5) is 0 Å². The fourth-order valence-electron chi connectivity index (χ4n) is 3.09. The van der Waals surface area contributed by atoms with Gasteiger partial charge in [0.2, 0.25) is 0 Å². The van der Waals surface area contributed by atoms with E-state index < -0.39 is 0 Å². The molecule has 1 saturated heterocycles. The van der Waals surface area contributed by atoms with E-state index in [1.165, 1.54) is 0 Å². The molecule has 33 heavy (non-hydrogen) atoms. The average Bonchev–Trinajstić information content (AvgIpc) is 2.83. The van der Waals surface area contributed by atoms with Gasteiger partial charge in [0, 0.05) is 38.9 Å². The molecule has 8 nitrogen and oxygen atoms in total. The fraction of sp³-hybridized carbons (Fsp3) is 0.478. The highest BCUT2D eigenvalue weighted by Gasteiger charge is 2.14. The van der Waals surface area contributed by atoms with Gasteiger partial charge in [0.1, 0.15) is 11.5 Å². The number of hydrogen-bond acceptors (Lipinski definition) is 7. The number of carbonyl (C=O) groups is 1. The summed E-state index contributed by atoms with van der Waals surface area (Å²) in [6, 6.07) is 5.37. The van der Waals surface area contributed by atoms with E-state index in [-0.39, 0.29) is 5.91 Å². The lowest BCUT2D eigenvalue weighted by Gasteiger charge is -2.26. The van der Waals surface area contributed by atoms with E-state index in [1.54, 1.807) is 25.1 Å². The lowest BCUT2D eigenvalue weighted by Crippen LogP contribution is -2.39. The molecule has 1 heterocycles. The van der Waals surface area contributed by atoms with E-state index >= 15 is 0 Å². The summed E-state index contributed by atoms with van der Waals surface area (Å²) in [7, 11) is 0. The van der Waals surface area contributed by atoms with Crippen LogP contribution in [0.3, 0.4) is 0 Å². The molecule has 0 unspecified atom stereocenters. The Kier molecular flexibility index (Phi) is 12.3. The van der Waals surface area contributed by atoms with Crippen LogP contribution in [0.15, 0.2) is 41.4 Å². The van der Waals surface area contributed by atoms with E-state index in [2.05, 4.69) is 20.9 Å². The Bertz CT molecular complexity index is 854. The van der Waals surface area contributed by atoms with Crippen LogP contribution in [-0.2, 0) is 20.8 Å². The molecule has 0 spiro atoms. The molecule has 1 fully saturated rings. The van der Waals surface area contributed by atoms with Gasteiger partial charge in [-0.3, -0.25) is 9.69 Å². The number of nitrogens with zero attached hydrogens (tertiary/aromatic N) is 1. The molecule has 4 N–H and O–H groups in total. The Morgan fingerprint density at radius 3 is 2.64 bits per heavy atom. The highest BCUT2D eigenvalue weighted by molar-refractivity contribution is 6.42. The van der Waals surface area contributed by atoms with Crippen LogP contribution in [0.5, 0.6) is 0 Å². The van der Waals surface area contributed by atoms with Crippen molar-refractivity contribution in [3.05, 3.63) is 57.0 Å². The van der Waals surface area contributed by atoms with Crippen molar-refractivity contribution in [3.63, 3.8) is 0 Å². The van der Waals surface area contributed by atoms with Gasteiger partial charge in [0.25, 0.3) is 5.91 Å². The third kappa shape index (κ3) is 9.73. The Labute approximate surface area is 205 Å². The monoisotopic (exact) mass is 497 g/mol. The highest BCUT2D eigenvalue weighted by atomic mass is 35.5. The summed E-state index contributed by atoms with van der Waals surface area (Å²) >= 11 is 12.0. The maximum absolute atomic E-state index is 12.8. The Hall–Kier alpha value is -2.10. The molecular weight excluding hydrogens is 465 g/mol. The molecule has 0 radical (unpaired) electrons. The normalized spacial score (nSPS) is 15.6. The minimum Gasteiger partial charge on any atom is -0.379 e. The van der Waals surface area contributed by atoms with Crippen LogP contribution >= 0.6 is 23.2 Å². The van der Waals surface area contributed by atoms with E-state index in [0.29, 0.717) is 53.4 Å². The zero-order chi connectivity index (χ0) is 24.1. The van der Waals surface area contributed by atoms with Crippen molar-refractivity contribution >= 4 is 35.3 Å². The summed E-state index contributed by atoms with van der Waals surface area (Å²) in [4.78, 5) is 15.1. The molecule has 1 aliphatic heterocycles. The second kappa shape index (κ2) is 14.9. The molecule has 1 aliphatic rings. The van der Waals surface area contributed by atoms with E-state index in [4.69, 9.17) is 38.1 Å². The molecule has 0 atom stereocenters. The molecule has 182 valence electrons. The maximum atomic E-state index is 12.8. The zero-order valence-corrected chi connectivity index (χ0v) is 20.7. The fourth-order valence-corrected chi connectivity index (χ4v) is 3.41. The van der Waals surface area contributed by atoms with Crippen molar-refractivity contribution in [2.45, 2.75) is 20.4 Å². The van der Waals surface area contributed by atoms with Crippen LogP contribution in [0.2, 0.25) is 10.0 Å². The van der Waals surface area contributed by atoms with Gasteiger partial charge < -0.3 is 30.8 Å². The Morgan fingerprint density at radius 1 is 1.21 bits per heavy atom. The maximum Gasteiger partial charge on any atom is 0.273 e. The lowest BCUT2D eigenvalue weighted by atomic mass is 10.2. The molecule has 0 aliphatic carbocycles. The topological polar surface area (TPSA) is 98.7 Å². The van der Waals surface area contributed by atoms with E-state index in [9.17, 15) is 4.79 Å². The molecule has 1 amide bonds. The number of halogens is 2. The zero-order valence-electron chi connectivity index (χ0n) is 19.2. The summed E-state index contributed by atoms with van der Waals surface area (Å²) in [5.74, 6) is 0.212. The van der Waals surface area contributed by atoms with Crippen molar-refractivity contribution < 1.29 is 14.3 Å². The molecule has 0 bridgehead atoms. The first-order chi connectivity index (χ1) is 15.9. The van der Waals surface area contributed by atoms with Gasteiger partial charge in [-0.2, -0.15) is 0 Å². The molecule has 1 aromatic carbocycles. The van der Waals surface area contributed by atoms with Gasteiger partial charge in [-0.1, -0.05) is 29.3 Å². The minimum atomic E-state index is -0.334. The molecule has 1 aromatic rings. The third-order valence-corrected chi connectivity index (χ3v) is 5.78. The third-order valence-electron chi connectivity index (χ3n) is 5.05. The number of rotatable bonds is 13. The number of ether oxygens (including phenoxy) is 2. The Balaban J connectivity index is 1.79. The molecule has 0 aromatic heterocycles. The van der Waals surface area contributed by atoms with Crippen LogP contribution in [-0.4, -0.2) is 69.6 Å². The molecular formula is C23H33Cl2N5O3. The predicted octanol–water partition coefficient (Wildman–Crippen LogP) is 2.92. The van der Waals surface area contributed by atoms with E-state index in [1.807, 2.05) is 13.0 Å². The first-order valence-corrected chi connectivity index (χ1v) is 11.7. The minimum absolute atomic E-state index is 0.331. The van der Waals surface area contributed by atoms with Crippen molar-refractivity contribution in [1.29, 1.82) is 5.41 Å². The number of amides is 1. The predicted molar refractivity (Wildman–Crippen MR) is 133 cm³/mol. The first kappa shape index (κ1) is 27.1. The first-order valence-electron chi connectivity index (χ1n) is 10.9. The van der Waals surface area contributed by atoms with E-state index in [0.717, 1.165) is 44.6 Å². The summed E-state index contributed by atoms with van der Waals surface area (Å²) < 4.78 is 11.0.